The van der Waals surface area contributed by atoms with Crippen LogP contribution in [0.15, 0.2) is 77.3 Å². The molecule has 3 heteroatoms. The summed E-state index contributed by atoms with van der Waals surface area (Å²) in [7, 11) is 2.04. The summed E-state index contributed by atoms with van der Waals surface area (Å²) in [6.07, 6.45) is 2.04. The summed E-state index contributed by atoms with van der Waals surface area (Å²) in [6, 6.07) is 22.6. The number of aromatic nitrogens is 1. The van der Waals surface area contributed by atoms with Crippen LogP contribution in [0.25, 0.3) is 49.2 Å². The van der Waals surface area contributed by atoms with Crippen molar-refractivity contribution >= 4 is 27.6 Å². The summed E-state index contributed by atoms with van der Waals surface area (Å²) in [5.74, 6) is 0. The van der Waals surface area contributed by atoms with Crippen molar-refractivity contribution in [2.24, 2.45) is 7.05 Å². The quantitative estimate of drug-likeness (QED) is 0.237. The van der Waals surface area contributed by atoms with E-state index in [-0.39, 0.29) is 0 Å². The van der Waals surface area contributed by atoms with Crippen molar-refractivity contribution in [3.8, 4) is 22.4 Å². The fourth-order valence-corrected chi connectivity index (χ4v) is 4.35. The lowest BCUT2D eigenvalue weighted by Gasteiger charge is -2.07. The number of fused-ring (bicyclic) bond motifs is 3. The van der Waals surface area contributed by atoms with Crippen LogP contribution in [0.3, 0.4) is 0 Å². The summed E-state index contributed by atoms with van der Waals surface area (Å²) in [4.78, 5) is 3.90. The molecule has 2 aromatic heterocycles. The molecule has 2 heterocycles. The predicted molar refractivity (Wildman–Crippen MR) is 122 cm³/mol. The lowest BCUT2D eigenvalue weighted by molar-refractivity contribution is -0.660. The van der Waals surface area contributed by atoms with E-state index >= 15 is 0 Å². The standard InChI is InChI=1S/C27H21N2O/c1-17-13-14-20-23-18(2)16-21(19-10-6-5-7-11-19)25(28-3)27(23)30-26(20)24(17)22-12-8-9-15-29(22)4/h5-16H,1-2,4H3/q+1. The number of rotatable bonds is 2. The highest BCUT2D eigenvalue weighted by Gasteiger charge is 2.23. The molecule has 0 radical (unpaired) electrons. The van der Waals surface area contributed by atoms with E-state index in [1.54, 1.807) is 0 Å². The molecule has 144 valence electrons. The summed E-state index contributed by atoms with van der Waals surface area (Å²) in [5.41, 5.74) is 8.44. The zero-order chi connectivity index (χ0) is 20.8. The highest BCUT2D eigenvalue weighted by molar-refractivity contribution is 6.16. The summed E-state index contributed by atoms with van der Waals surface area (Å²) in [6.45, 7) is 12.1. The van der Waals surface area contributed by atoms with Gasteiger partial charge in [-0.05, 0) is 42.2 Å². The van der Waals surface area contributed by atoms with Crippen LogP contribution in [0.2, 0.25) is 0 Å². The van der Waals surface area contributed by atoms with Gasteiger partial charge in [0.15, 0.2) is 6.20 Å². The van der Waals surface area contributed by atoms with Gasteiger partial charge in [0.25, 0.3) is 0 Å². The van der Waals surface area contributed by atoms with Crippen molar-refractivity contribution in [3.05, 3.63) is 95.5 Å². The minimum Gasteiger partial charge on any atom is -0.466 e. The van der Waals surface area contributed by atoms with E-state index in [1.165, 1.54) is 0 Å². The molecule has 0 atom stereocenters. The van der Waals surface area contributed by atoms with Crippen LogP contribution in [0.5, 0.6) is 0 Å². The molecular formula is C27H21N2O+. The molecule has 0 amide bonds. The Morgan fingerprint density at radius 1 is 0.867 bits per heavy atom. The second kappa shape index (κ2) is 6.86. The molecule has 0 saturated carbocycles. The van der Waals surface area contributed by atoms with Crippen LogP contribution in [-0.2, 0) is 7.05 Å². The molecular weight excluding hydrogens is 368 g/mol. The molecule has 0 aliphatic heterocycles. The highest BCUT2D eigenvalue weighted by Crippen LogP contribution is 2.45. The normalized spacial score (nSPS) is 11.1. The van der Waals surface area contributed by atoms with Gasteiger partial charge in [-0.2, -0.15) is 0 Å². The van der Waals surface area contributed by atoms with Gasteiger partial charge in [-0.3, -0.25) is 0 Å². The molecule has 0 saturated heterocycles. The first kappa shape index (κ1) is 18.1. The second-order valence-corrected chi connectivity index (χ2v) is 7.70. The van der Waals surface area contributed by atoms with Crippen molar-refractivity contribution in [2.75, 3.05) is 0 Å². The van der Waals surface area contributed by atoms with Gasteiger partial charge in [-0.1, -0.05) is 48.5 Å². The third-order valence-electron chi connectivity index (χ3n) is 5.80. The minimum absolute atomic E-state index is 0.569. The largest absolute Gasteiger partial charge is 0.466 e. The average molecular weight is 389 g/mol. The smallest absolute Gasteiger partial charge is 0.237 e. The molecule has 3 aromatic carbocycles. The third-order valence-corrected chi connectivity index (χ3v) is 5.80. The molecule has 5 rings (SSSR count). The van der Waals surface area contributed by atoms with Gasteiger partial charge in [-0.25, -0.2) is 9.41 Å². The van der Waals surface area contributed by atoms with Gasteiger partial charge in [-0.15, -0.1) is 0 Å². The maximum atomic E-state index is 7.91. The number of pyridine rings is 1. The Labute approximate surface area is 175 Å². The molecule has 5 aromatic rings. The van der Waals surface area contributed by atoms with E-state index in [4.69, 9.17) is 11.0 Å². The molecule has 0 bridgehead atoms. The molecule has 30 heavy (non-hydrogen) atoms. The zero-order valence-electron chi connectivity index (χ0n) is 17.2. The molecule has 0 spiro atoms. The molecule has 0 aliphatic carbocycles. The second-order valence-electron chi connectivity index (χ2n) is 7.70. The fraction of sp³-hybridized carbons (Fsp3) is 0.111. The van der Waals surface area contributed by atoms with Crippen LogP contribution in [-0.4, -0.2) is 0 Å². The van der Waals surface area contributed by atoms with Crippen LogP contribution in [0.1, 0.15) is 11.1 Å². The number of hydrogen-bond acceptors (Lipinski definition) is 1. The van der Waals surface area contributed by atoms with E-state index in [0.717, 1.165) is 49.9 Å². The average Bonchev–Trinajstić information content (AvgIpc) is 3.15. The number of benzene rings is 3. The van der Waals surface area contributed by atoms with Crippen molar-refractivity contribution < 1.29 is 8.98 Å². The van der Waals surface area contributed by atoms with Crippen molar-refractivity contribution in [1.82, 2.24) is 0 Å². The lowest BCUT2D eigenvalue weighted by atomic mass is 9.96. The lowest BCUT2D eigenvalue weighted by Crippen LogP contribution is -2.30. The third kappa shape index (κ3) is 2.62. The van der Waals surface area contributed by atoms with Crippen LogP contribution >= 0.6 is 0 Å². The Hall–Kier alpha value is -3.90. The number of hydrogen-bond donors (Lipinski definition) is 0. The van der Waals surface area contributed by atoms with E-state index in [1.807, 2.05) is 55.7 Å². The van der Waals surface area contributed by atoms with Gasteiger partial charge < -0.3 is 4.42 Å². The summed E-state index contributed by atoms with van der Waals surface area (Å²) >= 11 is 0. The molecule has 3 nitrogen and oxygen atoms in total. The highest BCUT2D eigenvalue weighted by atomic mass is 16.3. The van der Waals surface area contributed by atoms with Gasteiger partial charge >= 0.3 is 0 Å². The van der Waals surface area contributed by atoms with Gasteiger partial charge in [0.1, 0.15) is 18.2 Å². The Balaban J connectivity index is 1.93. The Morgan fingerprint density at radius 2 is 1.63 bits per heavy atom. The first-order valence-corrected chi connectivity index (χ1v) is 9.97. The molecule has 0 unspecified atom stereocenters. The maximum absolute atomic E-state index is 7.91. The van der Waals surface area contributed by atoms with Crippen LogP contribution in [0.4, 0.5) is 5.69 Å². The topological polar surface area (TPSA) is 21.4 Å². The van der Waals surface area contributed by atoms with E-state index < -0.39 is 0 Å². The van der Waals surface area contributed by atoms with Crippen molar-refractivity contribution in [3.63, 3.8) is 0 Å². The number of aryl methyl sites for hydroxylation is 3. The first-order valence-electron chi connectivity index (χ1n) is 9.97. The Morgan fingerprint density at radius 3 is 2.37 bits per heavy atom. The zero-order valence-corrected chi connectivity index (χ0v) is 17.2. The van der Waals surface area contributed by atoms with Crippen LogP contribution < -0.4 is 4.57 Å². The minimum atomic E-state index is 0.569. The summed E-state index contributed by atoms with van der Waals surface area (Å²) in [5, 5.41) is 2.08. The van der Waals surface area contributed by atoms with Gasteiger partial charge in [0, 0.05) is 22.9 Å². The summed E-state index contributed by atoms with van der Waals surface area (Å²) < 4.78 is 8.62. The Kier molecular flexibility index (Phi) is 4.15. The SMILES string of the molecule is [C-]#[N+]c1c(-c2ccccc2)cc(C)c2c1oc1c(-c3cccc[n+]3C)c(C)ccc12. The molecule has 0 fully saturated rings. The number of nitrogens with zero attached hydrogens (tertiary/aromatic N) is 2. The maximum Gasteiger partial charge on any atom is 0.237 e. The molecule has 0 N–H and O–H groups in total. The van der Waals surface area contributed by atoms with E-state index in [2.05, 4.69) is 47.5 Å². The Bertz CT molecular complexity index is 1470. The first-order chi connectivity index (χ1) is 14.6. The van der Waals surface area contributed by atoms with Crippen molar-refractivity contribution in [2.45, 2.75) is 13.8 Å². The van der Waals surface area contributed by atoms with Crippen molar-refractivity contribution in [1.29, 1.82) is 0 Å². The van der Waals surface area contributed by atoms with Gasteiger partial charge in [0.2, 0.25) is 11.4 Å². The van der Waals surface area contributed by atoms with E-state index in [9.17, 15) is 0 Å². The fourth-order valence-electron chi connectivity index (χ4n) is 4.35. The van der Waals surface area contributed by atoms with E-state index in [0.29, 0.717) is 11.3 Å². The number of furan rings is 1. The molecule has 0 aliphatic rings. The monoisotopic (exact) mass is 389 g/mol. The van der Waals surface area contributed by atoms with Gasteiger partial charge in [0.05, 0.1) is 12.1 Å². The predicted octanol–water partition coefficient (Wildman–Crippen LogP) is 6.91. The van der Waals surface area contributed by atoms with Crippen LogP contribution in [0, 0.1) is 20.4 Å².